The quantitative estimate of drug-likeness (QED) is 0.174. The maximum atomic E-state index is 12.1. The number of fused-ring (bicyclic) bond motifs is 2. The number of rotatable bonds is 9. The lowest BCUT2D eigenvalue weighted by atomic mass is 9.86. The van der Waals surface area contributed by atoms with Gasteiger partial charge in [-0.1, -0.05) is 24.3 Å². The van der Waals surface area contributed by atoms with Gasteiger partial charge in [0.2, 0.25) is 0 Å². The van der Waals surface area contributed by atoms with Crippen molar-refractivity contribution in [2.24, 2.45) is 11.1 Å². The number of carboxylic acids is 1. The second-order valence-corrected chi connectivity index (χ2v) is 12.8. The number of carbonyl (C=O) groups is 1. The number of aryl methyl sites for hydroxylation is 1. The molecule has 14 heteroatoms. The summed E-state index contributed by atoms with van der Waals surface area (Å²) in [6, 6.07) is 12.1. The van der Waals surface area contributed by atoms with E-state index in [1.165, 1.54) is 40.9 Å². The van der Waals surface area contributed by atoms with E-state index >= 15 is 0 Å². The van der Waals surface area contributed by atoms with E-state index in [9.17, 15) is 28.4 Å². The number of nitro benzene ring substituents is 1. The molecule has 218 valence electrons. The van der Waals surface area contributed by atoms with E-state index in [0.717, 1.165) is 40.5 Å². The SMILES string of the molecule is NS(=O)(=O)OC[C@H]1C[C@H](c2csc3c(N[C@H]4CCc5ccccc54)ncnc23)C[C@@H]1c1cc([N+](=O)[O-])ccc1C(=O)O. The van der Waals surface area contributed by atoms with Gasteiger partial charge in [-0.2, -0.15) is 8.42 Å². The molecule has 0 unspecified atom stereocenters. The van der Waals surface area contributed by atoms with Gasteiger partial charge in [-0.3, -0.25) is 14.3 Å². The predicted molar refractivity (Wildman–Crippen MR) is 156 cm³/mol. The number of hydrogen-bond acceptors (Lipinski definition) is 10. The van der Waals surface area contributed by atoms with Gasteiger partial charge in [-0.15, -0.1) is 11.3 Å². The second kappa shape index (κ2) is 11.0. The molecule has 4 aromatic rings. The van der Waals surface area contributed by atoms with Crippen molar-refractivity contribution in [3.05, 3.63) is 92.1 Å². The van der Waals surface area contributed by atoms with Gasteiger partial charge in [0, 0.05) is 12.1 Å². The number of thiophene rings is 1. The minimum Gasteiger partial charge on any atom is -0.478 e. The third kappa shape index (κ3) is 5.45. The summed E-state index contributed by atoms with van der Waals surface area (Å²) in [6.45, 7) is -0.285. The number of nitro groups is 1. The fourth-order valence-corrected chi connectivity index (χ4v) is 7.84. The molecule has 0 amide bonds. The van der Waals surface area contributed by atoms with Gasteiger partial charge < -0.3 is 10.4 Å². The first-order chi connectivity index (χ1) is 20.1. The first-order valence-electron chi connectivity index (χ1n) is 13.3. The fraction of sp³-hybridized carbons (Fsp3) is 0.321. The summed E-state index contributed by atoms with van der Waals surface area (Å²) < 4.78 is 29.1. The summed E-state index contributed by atoms with van der Waals surface area (Å²) >= 11 is 1.50. The molecular formula is C28H27N5O7S2. The van der Waals surface area contributed by atoms with E-state index in [1.54, 1.807) is 0 Å². The highest BCUT2D eigenvalue weighted by atomic mass is 32.2. The minimum atomic E-state index is -4.26. The lowest BCUT2D eigenvalue weighted by Gasteiger charge is -2.20. The molecule has 2 aliphatic carbocycles. The van der Waals surface area contributed by atoms with Crippen molar-refractivity contribution in [3.63, 3.8) is 0 Å². The molecule has 2 heterocycles. The number of anilines is 1. The van der Waals surface area contributed by atoms with Crippen LogP contribution in [0.25, 0.3) is 10.2 Å². The van der Waals surface area contributed by atoms with E-state index in [4.69, 9.17) is 9.32 Å². The fourth-order valence-electron chi connectivity index (χ4n) is 6.43. The molecule has 0 spiro atoms. The topological polar surface area (TPSA) is 188 Å². The summed E-state index contributed by atoms with van der Waals surface area (Å²) in [5.74, 6) is -1.65. The zero-order valence-corrected chi connectivity index (χ0v) is 23.8. The first-order valence-corrected chi connectivity index (χ1v) is 15.7. The maximum Gasteiger partial charge on any atom is 0.335 e. The molecule has 0 radical (unpaired) electrons. The van der Waals surface area contributed by atoms with Crippen molar-refractivity contribution >= 4 is 49.3 Å². The number of aromatic nitrogens is 2. The van der Waals surface area contributed by atoms with Crippen LogP contribution in [0.2, 0.25) is 0 Å². The zero-order valence-electron chi connectivity index (χ0n) is 22.2. The Bertz CT molecular complexity index is 1810. The largest absolute Gasteiger partial charge is 0.478 e. The summed E-state index contributed by atoms with van der Waals surface area (Å²) in [6.07, 6.45) is 4.30. The van der Waals surface area contributed by atoms with Gasteiger partial charge in [0.15, 0.2) is 0 Å². The number of nitrogens with one attached hydrogen (secondary N) is 1. The Hall–Kier alpha value is -3.98. The summed E-state index contributed by atoms with van der Waals surface area (Å²) in [4.78, 5) is 32.1. The standard InChI is InChI=1S/C28H27N5O7S2/c29-42(38,39)40-12-17-9-16(10-21(17)22-11-18(33(36)37)6-7-20(22)28(34)35)23-13-41-26-25(23)30-14-31-27(26)32-24-8-5-15-3-1-2-4-19(15)24/h1-4,6-7,11,13-14,16-17,21,24H,5,8-10,12H2,(H,34,35)(H2,29,38,39)(H,30,31,32)/t16-,17+,21-,24-/m0/s1. The Kier molecular flexibility index (Phi) is 7.39. The molecule has 1 fully saturated rings. The number of non-ortho nitro benzene ring substituents is 1. The molecule has 0 aliphatic heterocycles. The number of benzene rings is 2. The molecular weight excluding hydrogens is 582 g/mol. The van der Waals surface area contributed by atoms with Crippen LogP contribution in [-0.2, 0) is 20.9 Å². The molecule has 2 aliphatic rings. The van der Waals surface area contributed by atoms with Crippen LogP contribution < -0.4 is 10.5 Å². The highest BCUT2D eigenvalue weighted by molar-refractivity contribution is 7.84. The van der Waals surface area contributed by atoms with E-state index < -0.39 is 33.0 Å². The third-order valence-corrected chi connectivity index (χ3v) is 9.74. The van der Waals surface area contributed by atoms with Crippen LogP contribution in [-0.4, -0.2) is 41.0 Å². The average molecular weight is 610 g/mol. The Balaban J connectivity index is 1.34. The van der Waals surface area contributed by atoms with Crippen molar-refractivity contribution in [1.29, 1.82) is 0 Å². The second-order valence-electron chi connectivity index (χ2n) is 10.7. The molecule has 4 N–H and O–H groups in total. The van der Waals surface area contributed by atoms with Crippen LogP contribution in [0.4, 0.5) is 11.5 Å². The molecule has 4 atom stereocenters. The maximum absolute atomic E-state index is 12.1. The van der Waals surface area contributed by atoms with Crippen molar-refractivity contribution < 1.29 is 27.4 Å². The smallest absolute Gasteiger partial charge is 0.335 e. The van der Waals surface area contributed by atoms with Gasteiger partial charge in [0.25, 0.3) is 5.69 Å². The molecule has 1 saturated carbocycles. The number of aromatic carboxylic acids is 1. The molecule has 2 aromatic carbocycles. The highest BCUT2D eigenvalue weighted by Crippen LogP contribution is 2.51. The average Bonchev–Trinajstić information content (AvgIpc) is 3.68. The number of nitrogens with zero attached hydrogens (tertiary/aromatic N) is 3. The van der Waals surface area contributed by atoms with Gasteiger partial charge in [0.1, 0.15) is 12.1 Å². The van der Waals surface area contributed by atoms with Gasteiger partial charge in [-0.25, -0.2) is 19.9 Å². The van der Waals surface area contributed by atoms with E-state index in [2.05, 4.69) is 27.4 Å². The zero-order chi connectivity index (χ0) is 29.6. The number of hydrogen-bond donors (Lipinski definition) is 3. The van der Waals surface area contributed by atoms with E-state index in [1.807, 2.05) is 17.5 Å². The molecule has 12 nitrogen and oxygen atoms in total. The van der Waals surface area contributed by atoms with Crippen LogP contribution in [0.5, 0.6) is 0 Å². The minimum absolute atomic E-state index is 0.0762. The number of nitrogens with two attached hydrogens (primary N) is 1. The summed E-state index contributed by atoms with van der Waals surface area (Å²) in [7, 11) is -4.26. The van der Waals surface area contributed by atoms with Crippen LogP contribution in [0.3, 0.4) is 0 Å². The van der Waals surface area contributed by atoms with Crippen molar-refractivity contribution in [1.82, 2.24) is 9.97 Å². The lowest BCUT2D eigenvalue weighted by Crippen LogP contribution is -2.22. The van der Waals surface area contributed by atoms with Crippen molar-refractivity contribution in [3.8, 4) is 0 Å². The molecule has 6 rings (SSSR count). The molecule has 42 heavy (non-hydrogen) atoms. The molecule has 2 aromatic heterocycles. The van der Waals surface area contributed by atoms with Crippen molar-refractivity contribution in [2.45, 2.75) is 43.6 Å². The first kappa shape index (κ1) is 28.2. The highest BCUT2D eigenvalue weighted by Gasteiger charge is 2.40. The van der Waals surface area contributed by atoms with Crippen LogP contribution in [0.1, 0.15) is 69.8 Å². The predicted octanol–water partition coefficient (Wildman–Crippen LogP) is 4.89. The Morgan fingerprint density at radius 1 is 1.17 bits per heavy atom. The summed E-state index contributed by atoms with van der Waals surface area (Å²) in [5, 5.41) is 32.1. The van der Waals surface area contributed by atoms with Crippen LogP contribution >= 0.6 is 11.3 Å². The number of carboxylic acid groups (broad SMARTS) is 1. The Labute approximate surface area is 245 Å². The van der Waals surface area contributed by atoms with Crippen LogP contribution in [0, 0.1) is 16.0 Å². The lowest BCUT2D eigenvalue weighted by molar-refractivity contribution is -0.384. The van der Waals surface area contributed by atoms with Gasteiger partial charge in [0.05, 0.1) is 33.4 Å². The monoisotopic (exact) mass is 609 g/mol. The van der Waals surface area contributed by atoms with Crippen LogP contribution in [0.15, 0.2) is 54.2 Å². The third-order valence-electron chi connectivity index (χ3n) is 8.28. The van der Waals surface area contributed by atoms with E-state index in [-0.39, 0.29) is 35.4 Å². The van der Waals surface area contributed by atoms with Crippen molar-refractivity contribution in [2.75, 3.05) is 11.9 Å². The normalized spacial score (nSPS) is 21.8. The molecule has 0 bridgehead atoms. The molecule has 0 saturated heterocycles. The van der Waals surface area contributed by atoms with Gasteiger partial charge >= 0.3 is 16.3 Å². The Morgan fingerprint density at radius 3 is 2.74 bits per heavy atom. The summed E-state index contributed by atoms with van der Waals surface area (Å²) in [5.41, 5.74) is 4.20. The van der Waals surface area contributed by atoms with Gasteiger partial charge in [-0.05, 0) is 77.1 Å². The van der Waals surface area contributed by atoms with E-state index in [0.29, 0.717) is 12.8 Å². The Morgan fingerprint density at radius 2 is 1.98 bits per heavy atom.